The van der Waals surface area contributed by atoms with Gasteiger partial charge in [-0.1, -0.05) is 165 Å². The summed E-state index contributed by atoms with van der Waals surface area (Å²) in [5, 5.41) is 0. The van der Waals surface area contributed by atoms with Crippen LogP contribution in [0.2, 0.25) is 0 Å². The lowest BCUT2D eigenvalue weighted by Crippen LogP contribution is -2.31. The molecule has 0 amide bonds. The Morgan fingerprint density at radius 1 is 0.475 bits per heavy atom. The Morgan fingerprint density at radius 2 is 0.915 bits per heavy atom. The predicted octanol–water partition coefficient (Wildman–Crippen LogP) is 18.7. The molecular weight excluding hydrogens is 797 g/mol. The highest BCUT2D eigenvalue weighted by Gasteiger charge is 2.48. The molecule has 4 unspecified atom stereocenters. The molecular formula is C53H78O2S4. The van der Waals surface area contributed by atoms with Crippen LogP contribution >= 0.6 is 45.3 Å². The second kappa shape index (κ2) is 24.1. The summed E-state index contributed by atoms with van der Waals surface area (Å²) in [6.07, 6.45) is 29.3. The molecule has 0 aromatic carbocycles. The van der Waals surface area contributed by atoms with Gasteiger partial charge in [-0.3, -0.25) is 9.59 Å². The fraction of sp³-hybridized carbons (Fsp3) is 0.660. The van der Waals surface area contributed by atoms with E-state index in [1.54, 1.807) is 33.8 Å². The van der Waals surface area contributed by atoms with Crippen LogP contribution in [0.3, 0.4) is 0 Å². The van der Waals surface area contributed by atoms with Crippen LogP contribution in [0, 0.1) is 23.7 Å². The van der Waals surface area contributed by atoms with Gasteiger partial charge in [0.1, 0.15) is 0 Å². The van der Waals surface area contributed by atoms with Crippen LogP contribution in [0.1, 0.15) is 225 Å². The molecule has 0 saturated carbocycles. The smallest absolute Gasteiger partial charge is 0.160 e. The van der Waals surface area contributed by atoms with Crippen LogP contribution in [0.25, 0.3) is 29.3 Å². The molecule has 0 radical (unpaired) electrons. The van der Waals surface area contributed by atoms with Crippen LogP contribution < -0.4 is 0 Å². The van der Waals surface area contributed by atoms with Crippen molar-refractivity contribution in [3.8, 4) is 29.3 Å². The van der Waals surface area contributed by atoms with Crippen molar-refractivity contribution in [3.63, 3.8) is 0 Å². The fourth-order valence-electron chi connectivity index (χ4n) is 10.2. The van der Waals surface area contributed by atoms with Crippen LogP contribution in [-0.4, -0.2) is 12.6 Å². The van der Waals surface area contributed by atoms with Gasteiger partial charge in [-0.15, -0.1) is 45.3 Å². The average Bonchev–Trinajstić information content (AvgIpc) is 4.09. The van der Waals surface area contributed by atoms with Gasteiger partial charge in [0.25, 0.3) is 0 Å². The molecule has 4 aromatic rings. The van der Waals surface area contributed by atoms with Crippen molar-refractivity contribution < 1.29 is 9.59 Å². The number of aldehydes is 2. The van der Waals surface area contributed by atoms with Crippen molar-refractivity contribution in [1.82, 2.24) is 0 Å². The van der Waals surface area contributed by atoms with Crippen LogP contribution in [0.15, 0.2) is 24.3 Å². The standard InChI is InChI=1S/C53H78O2S4/c1-9-17-21-25-38(14-6)28-42-30-44(36-55)57-50(42)48-32-46-52(59-48)51-45(53(46,33-39(15-7)23-19-11-3)34-40(16-8)24-20-12-4)31-47(58-51)49-41(29-43(35-54)56-49)27-26-37(13-5)22-18-10-2/h29-32,35-40H,9-28,33-34H2,1-8H3. The maximum atomic E-state index is 12.4. The minimum Gasteiger partial charge on any atom is -0.297 e. The summed E-state index contributed by atoms with van der Waals surface area (Å²) in [5.41, 5.74) is 5.89. The third-order valence-electron chi connectivity index (χ3n) is 14.1. The normalized spacial score (nSPS) is 16.9. The molecule has 0 fully saturated rings. The number of unbranched alkanes of at least 4 members (excludes halogenated alkanes) is 5. The summed E-state index contributed by atoms with van der Waals surface area (Å²) in [5.74, 6) is 2.73. The molecule has 6 heteroatoms. The Balaban J connectivity index is 1.69. The zero-order valence-electron chi connectivity index (χ0n) is 38.3. The summed E-state index contributed by atoms with van der Waals surface area (Å²) >= 11 is 7.49. The average molecular weight is 875 g/mol. The van der Waals surface area contributed by atoms with Crippen molar-refractivity contribution in [2.45, 2.75) is 202 Å². The fourth-order valence-corrected chi connectivity index (χ4v) is 15.2. The number of carbonyl (C=O) groups excluding carboxylic acids is 2. The first-order valence-electron chi connectivity index (χ1n) is 24.2. The summed E-state index contributed by atoms with van der Waals surface area (Å²) in [4.78, 5) is 34.9. The van der Waals surface area contributed by atoms with E-state index in [2.05, 4.69) is 79.7 Å². The van der Waals surface area contributed by atoms with Gasteiger partial charge in [-0.05, 0) is 102 Å². The maximum Gasteiger partial charge on any atom is 0.160 e. The lowest BCUT2D eigenvalue weighted by atomic mass is 9.65. The predicted molar refractivity (Wildman–Crippen MR) is 265 cm³/mol. The topological polar surface area (TPSA) is 34.1 Å². The van der Waals surface area contributed by atoms with Crippen molar-refractivity contribution in [3.05, 3.63) is 56.3 Å². The minimum absolute atomic E-state index is 0.0353. The molecule has 0 spiro atoms. The molecule has 0 N–H and O–H groups in total. The third-order valence-corrected chi connectivity index (χ3v) is 19.1. The molecule has 326 valence electrons. The SMILES string of the molecule is CCCCCC(CC)Cc1cc(C=O)sc1-c1cc2c(s1)-c1sc(-c3sc(C=O)cc3CCC(CC)CCCC)cc1C2(CC(CC)CCCC)CC(CC)CCCC. The lowest BCUT2D eigenvalue weighted by Gasteiger charge is -2.37. The first-order chi connectivity index (χ1) is 28.8. The highest BCUT2D eigenvalue weighted by molar-refractivity contribution is 7.29. The van der Waals surface area contributed by atoms with Gasteiger partial charge in [0.05, 0.1) is 9.75 Å². The number of rotatable bonds is 30. The van der Waals surface area contributed by atoms with E-state index in [0.29, 0.717) is 17.8 Å². The summed E-state index contributed by atoms with van der Waals surface area (Å²) in [6.45, 7) is 18.9. The van der Waals surface area contributed by atoms with Gasteiger partial charge in [0.15, 0.2) is 12.6 Å². The van der Waals surface area contributed by atoms with E-state index in [1.165, 1.54) is 169 Å². The zero-order chi connectivity index (χ0) is 42.4. The van der Waals surface area contributed by atoms with Gasteiger partial charge >= 0.3 is 0 Å². The summed E-state index contributed by atoms with van der Waals surface area (Å²) < 4.78 is 0. The number of carbonyl (C=O) groups is 2. The number of fused-ring (bicyclic) bond motifs is 3. The largest absolute Gasteiger partial charge is 0.297 e. The minimum atomic E-state index is -0.0353. The number of hydrogen-bond donors (Lipinski definition) is 0. The van der Waals surface area contributed by atoms with Gasteiger partial charge in [-0.2, -0.15) is 0 Å². The Labute approximate surface area is 376 Å². The summed E-state index contributed by atoms with van der Waals surface area (Å²) in [6, 6.07) is 9.71. The molecule has 4 aromatic heterocycles. The van der Waals surface area contributed by atoms with Crippen LogP contribution in [0.5, 0.6) is 0 Å². The molecule has 1 aliphatic carbocycles. The third kappa shape index (κ3) is 11.8. The maximum absolute atomic E-state index is 12.4. The van der Waals surface area contributed by atoms with E-state index >= 15 is 0 Å². The summed E-state index contributed by atoms with van der Waals surface area (Å²) in [7, 11) is 0. The molecule has 2 nitrogen and oxygen atoms in total. The Hall–Kier alpha value is -1.86. The first kappa shape index (κ1) is 48.2. The molecule has 59 heavy (non-hydrogen) atoms. The van der Waals surface area contributed by atoms with Crippen molar-refractivity contribution >= 4 is 57.9 Å². The van der Waals surface area contributed by atoms with Crippen LogP contribution in [-0.2, 0) is 18.3 Å². The quantitative estimate of drug-likeness (QED) is 0.0386. The van der Waals surface area contributed by atoms with E-state index in [1.807, 2.05) is 22.7 Å². The molecule has 4 atom stereocenters. The Morgan fingerprint density at radius 3 is 1.37 bits per heavy atom. The second-order valence-electron chi connectivity index (χ2n) is 18.2. The van der Waals surface area contributed by atoms with Gasteiger partial charge in [0.2, 0.25) is 0 Å². The van der Waals surface area contributed by atoms with Gasteiger partial charge in [-0.25, -0.2) is 0 Å². The molecule has 4 heterocycles. The number of hydrogen-bond acceptors (Lipinski definition) is 6. The second-order valence-corrected chi connectivity index (χ2v) is 22.5. The highest BCUT2D eigenvalue weighted by atomic mass is 32.1. The molecule has 1 aliphatic rings. The molecule has 0 bridgehead atoms. The molecule has 0 aliphatic heterocycles. The monoisotopic (exact) mass is 874 g/mol. The van der Waals surface area contributed by atoms with Crippen molar-refractivity contribution in [1.29, 1.82) is 0 Å². The van der Waals surface area contributed by atoms with E-state index < -0.39 is 0 Å². The van der Waals surface area contributed by atoms with E-state index in [9.17, 15) is 9.59 Å². The van der Waals surface area contributed by atoms with E-state index in [4.69, 9.17) is 0 Å². The number of thiophene rings is 4. The first-order valence-corrected chi connectivity index (χ1v) is 27.5. The molecule has 5 rings (SSSR count). The van der Waals surface area contributed by atoms with E-state index in [-0.39, 0.29) is 5.41 Å². The van der Waals surface area contributed by atoms with Gasteiger partial charge < -0.3 is 0 Å². The van der Waals surface area contributed by atoms with Gasteiger partial charge in [0, 0.05) is 34.7 Å². The number of aryl methyl sites for hydroxylation is 1. The lowest BCUT2D eigenvalue weighted by molar-refractivity contribution is 0.111. The van der Waals surface area contributed by atoms with E-state index in [0.717, 1.165) is 41.1 Å². The Bertz CT molecular complexity index is 1850. The zero-order valence-corrected chi connectivity index (χ0v) is 41.5. The van der Waals surface area contributed by atoms with Crippen LogP contribution in [0.4, 0.5) is 0 Å². The highest BCUT2D eigenvalue weighted by Crippen LogP contribution is 2.63. The Kier molecular flexibility index (Phi) is 19.7. The van der Waals surface area contributed by atoms with Crippen molar-refractivity contribution in [2.24, 2.45) is 23.7 Å². The molecule has 0 saturated heterocycles. The van der Waals surface area contributed by atoms with Crippen molar-refractivity contribution in [2.75, 3.05) is 0 Å².